The molecule has 15 heavy (non-hydrogen) atoms. The van der Waals surface area contributed by atoms with Crippen molar-refractivity contribution >= 4 is 23.5 Å². The molecule has 0 aromatic rings. The summed E-state index contributed by atoms with van der Waals surface area (Å²) in [6, 6.07) is 0. The molecule has 0 amide bonds. The van der Waals surface area contributed by atoms with Gasteiger partial charge >= 0.3 is 11.9 Å². The van der Waals surface area contributed by atoms with E-state index in [0.29, 0.717) is 0 Å². The Morgan fingerprint density at radius 2 is 2.07 bits per heavy atom. The van der Waals surface area contributed by atoms with Gasteiger partial charge in [0.05, 0.1) is 17.2 Å². The Balaban J connectivity index is 2.05. The third-order valence-electron chi connectivity index (χ3n) is 4.10. The van der Waals surface area contributed by atoms with Gasteiger partial charge in [0, 0.05) is 5.92 Å². The number of carboxylic acid groups (broad SMARTS) is 1. The summed E-state index contributed by atoms with van der Waals surface area (Å²) in [5.41, 5.74) is 0. The molecule has 4 rings (SSSR count). The molecular formula is C10H11ClO4. The van der Waals surface area contributed by atoms with Crippen LogP contribution in [-0.4, -0.2) is 28.5 Å². The van der Waals surface area contributed by atoms with Gasteiger partial charge in [-0.05, 0) is 18.8 Å². The zero-order chi connectivity index (χ0) is 10.7. The molecule has 0 aromatic heterocycles. The summed E-state index contributed by atoms with van der Waals surface area (Å²) in [6.07, 6.45) is 1.44. The van der Waals surface area contributed by atoms with Gasteiger partial charge in [0.2, 0.25) is 0 Å². The topological polar surface area (TPSA) is 63.6 Å². The molecule has 6 atom stereocenters. The molecule has 1 N–H and O–H groups in total. The Morgan fingerprint density at radius 3 is 2.73 bits per heavy atom. The predicted molar refractivity (Wildman–Crippen MR) is 50.4 cm³/mol. The summed E-state index contributed by atoms with van der Waals surface area (Å²) in [4.78, 5) is 22.7. The van der Waals surface area contributed by atoms with Gasteiger partial charge in [-0.3, -0.25) is 9.59 Å². The Kier molecular flexibility index (Phi) is 1.81. The van der Waals surface area contributed by atoms with E-state index in [2.05, 4.69) is 0 Å². The fraction of sp³-hybridized carbons (Fsp3) is 0.800. The number of esters is 1. The van der Waals surface area contributed by atoms with Gasteiger partial charge in [0.1, 0.15) is 6.10 Å². The number of hydrogen-bond acceptors (Lipinski definition) is 3. The number of carboxylic acids is 1. The van der Waals surface area contributed by atoms with E-state index in [9.17, 15) is 9.59 Å². The van der Waals surface area contributed by atoms with E-state index in [1.165, 1.54) is 0 Å². The lowest BCUT2D eigenvalue weighted by atomic mass is 9.58. The molecule has 82 valence electrons. The van der Waals surface area contributed by atoms with Crippen molar-refractivity contribution in [1.82, 2.24) is 0 Å². The van der Waals surface area contributed by atoms with Crippen LogP contribution in [0.4, 0.5) is 0 Å². The minimum absolute atomic E-state index is 0.0334. The molecule has 3 saturated carbocycles. The van der Waals surface area contributed by atoms with Gasteiger partial charge in [-0.1, -0.05) is 0 Å². The number of aliphatic carboxylic acids is 1. The molecule has 1 heterocycles. The number of alkyl halides is 1. The highest BCUT2D eigenvalue weighted by atomic mass is 35.5. The van der Waals surface area contributed by atoms with E-state index in [1.54, 1.807) is 0 Å². The number of carbonyl (C=O) groups is 2. The van der Waals surface area contributed by atoms with E-state index in [0.717, 1.165) is 12.8 Å². The summed E-state index contributed by atoms with van der Waals surface area (Å²) in [7, 11) is 0. The molecule has 0 spiro atoms. The third-order valence-corrected chi connectivity index (χ3v) is 4.67. The van der Waals surface area contributed by atoms with Crippen LogP contribution < -0.4 is 0 Å². The first-order valence-electron chi connectivity index (χ1n) is 5.18. The average molecular weight is 231 g/mol. The first-order chi connectivity index (χ1) is 7.11. The van der Waals surface area contributed by atoms with Crippen LogP contribution in [0.3, 0.4) is 0 Å². The van der Waals surface area contributed by atoms with Crippen molar-refractivity contribution in [3.63, 3.8) is 0 Å². The van der Waals surface area contributed by atoms with Gasteiger partial charge < -0.3 is 9.84 Å². The Morgan fingerprint density at radius 1 is 1.40 bits per heavy atom. The molecule has 0 unspecified atom stereocenters. The van der Waals surface area contributed by atoms with Crippen LogP contribution >= 0.6 is 11.6 Å². The number of rotatable bonds is 1. The molecular weight excluding hydrogens is 220 g/mol. The van der Waals surface area contributed by atoms with Crippen molar-refractivity contribution in [3.05, 3.63) is 0 Å². The monoisotopic (exact) mass is 230 g/mol. The molecule has 4 bridgehead atoms. The first kappa shape index (κ1) is 9.46. The second-order valence-electron chi connectivity index (χ2n) is 4.64. The number of fused-ring (bicyclic) bond motifs is 1. The van der Waals surface area contributed by atoms with Crippen LogP contribution in [-0.2, 0) is 14.3 Å². The van der Waals surface area contributed by atoms with Gasteiger partial charge in [-0.2, -0.15) is 0 Å². The van der Waals surface area contributed by atoms with Crippen molar-refractivity contribution in [2.24, 2.45) is 23.7 Å². The quantitative estimate of drug-likeness (QED) is 0.537. The SMILES string of the molecule is O=C(O)[C@@H]1[C@H]2CC[C@H]3[C@@H](OC(=O)[C@H]31)[C@H]2Cl. The molecule has 0 radical (unpaired) electrons. The van der Waals surface area contributed by atoms with E-state index in [4.69, 9.17) is 21.4 Å². The lowest BCUT2D eigenvalue weighted by Crippen LogP contribution is -2.53. The predicted octanol–water partition coefficient (Wildman–Crippen LogP) is 0.876. The molecule has 1 saturated heterocycles. The maximum atomic E-state index is 11.6. The van der Waals surface area contributed by atoms with Crippen molar-refractivity contribution in [1.29, 1.82) is 0 Å². The largest absolute Gasteiger partial charge is 0.481 e. The third kappa shape index (κ3) is 1.03. The minimum atomic E-state index is -0.905. The lowest BCUT2D eigenvalue weighted by Gasteiger charge is -2.45. The molecule has 0 aromatic carbocycles. The summed E-state index contributed by atoms with van der Waals surface area (Å²) in [6.45, 7) is 0. The maximum absolute atomic E-state index is 11.6. The number of ether oxygens (including phenoxy) is 1. The zero-order valence-electron chi connectivity index (χ0n) is 7.93. The lowest BCUT2D eigenvalue weighted by molar-refractivity contribution is -0.154. The highest BCUT2D eigenvalue weighted by molar-refractivity contribution is 6.22. The van der Waals surface area contributed by atoms with E-state index >= 15 is 0 Å². The summed E-state index contributed by atoms with van der Waals surface area (Å²) < 4.78 is 5.18. The highest BCUT2D eigenvalue weighted by Gasteiger charge is 2.64. The number of hydrogen-bond donors (Lipinski definition) is 1. The second-order valence-corrected chi connectivity index (χ2v) is 5.14. The fourth-order valence-electron chi connectivity index (χ4n) is 3.51. The first-order valence-corrected chi connectivity index (χ1v) is 5.62. The van der Waals surface area contributed by atoms with Gasteiger partial charge in [0.15, 0.2) is 0 Å². The van der Waals surface area contributed by atoms with Crippen molar-refractivity contribution in [2.75, 3.05) is 0 Å². The summed E-state index contributed by atoms with van der Waals surface area (Å²) in [5.74, 6) is -2.40. The van der Waals surface area contributed by atoms with Crippen LogP contribution in [0.2, 0.25) is 0 Å². The van der Waals surface area contributed by atoms with E-state index in [-0.39, 0.29) is 29.3 Å². The van der Waals surface area contributed by atoms with Crippen molar-refractivity contribution in [2.45, 2.75) is 24.3 Å². The minimum Gasteiger partial charge on any atom is -0.481 e. The van der Waals surface area contributed by atoms with E-state index in [1.807, 2.05) is 0 Å². The van der Waals surface area contributed by atoms with E-state index < -0.39 is 17.8 Å². The standard InChI is InChI=1S/C10H11ClO4/c11-7-3-1-2-4-6(5(3)9(12)13)10(14)15-8(4)7/h3-8H,1-2H2,(H,12,13)/t3-,4-,5-,6-,7+,8-/m1/s1. The maximum Gasteiger partial charge on any atom is 0.310 e. The Labute approximate surface area is 91.5 Å². The van der Waals surface area contributed by atoms with Gasteiger partial charge in [-0.15, -0.1) is 11.6 Å². The smallest absolute Gasteiger partial charge is 0.310 e. The molecule has 3 aliphatic carbocycles. The number of carbonyl (C=O) groups excluding carboxylic acids is 1. The molecule has 4 nitrogen and oxygen atoms in total. The van der Waals surface area contributed by atoms with Crippen LogP contribution in [0.5, 0.6) is 0 Å². The fourth-order valence-corrected chi connectivity index (χ4v) is 4.03. The molecule has 4 aliphatic rings. The van der Waals surface area contributed by atoms with Crippen LogP contribution in [0.25, 0.3) is 0 Å². The highest BCUT2D eigenvalue weighted by Crippen LogP contribution is 2.55. The zero-order valence-corrected chi connectivity index (χ0v) is 8.68. The number of halogens is 1. The van der Waals surface area contributed by atoms with Crippen LogP contribution in [0.1, 0.15) is 12.8 Å². The van der Waals surface area contributed by atoms with Crippen molar-refractivity contribution in [3.8, 4) is 0 Å². The summed E-state index contributed by atoms with van der Waals surface area (Å²) in [5, 5.41) is 8.84. The van der Waals surface area contributed by atoms with Crippen LogP contribution in [0.15, 0.2) is 0 Å². The molecule has 5 heteroatoms. The Bertz CT molecular complexity index is 342. The van der Waals surface area contributed by atoms with Crippen LogP contribution in [0, 0.1) is 23.7 Å². The summed E-state index contributed by atoms with van der Waals surface area (Å²) >= 11 is 6.17. The normalized spacial score (nSPS) is 51.7. The molecule has 1 aliphatic heterocycles. The Hall–Kier alpha value is -0.770. The van der Waals surface area contributed by atoms with Crippen molar-refractivity contribution < 1.29 is 19.4 Å². The van der Waals surface area contributed by atoms with Gasteiger partial charge in [0.25, 0.3) is 0 Å². The average Bonchev–Trinajstić information content (AvgIpc) is 2.49. The molecule has 4 fully saturated rings. The second kappa shape index (κ2) is 2.88. The van der Waals surface area contributed by atoms with Gasteiger partial charge in [-0.25, -0.2) is 0 Å².